The van der Waals surface area contributed by atoms with Crippen LogP contribution in [-0.2, 0) is 20.1 Å². The van der Waals surface area contributed by atoms with Gasteiger partial charge in [-0.05, 0) is 39.4 Å². The fourth-order valence-electron chi connectivity index (χ4n) is 3.75. The fourth-order valence-corrected chi connectivity index (χ4v) is 3.75. The molecule has 0 radical (unpaired) electrons. The minimum atomic E-state index is 0. The Morgan fingerprint density at radius 1 is 0.909 bits per heavy atom. The van der Waals surface area contributed by atoms with E-state index in [4.69, 9.17) is 0 Å². The van der Waals surface area contributed by atoms with Crippen LogP contribution in [0.25, 0.3) is 0 Å². The first kappa shape index (κ1) is 24.6. The number of pyridine rings is 1. The third kappa shape index (κ3) is 6.25. The molecular weight excluding hydrogens is 583 g/mol. The van der Waals surface area contributed by atoms with E-state index in [0.717, 1.165) is 11.5 Å². The molecule has 2 aliphatic rings. The molecule has 0 saturated heterocycles. The van der Waals surface area contributed by atoms with Crippen molar-refractivity contribution >= 4 is 23.7 Å². The molecule has 33 heavy (non-hydrogen) atoms. The summed E-state index contributed by atoms with van der Waals surface area (Å²) in [4.78, 5) is 10.3. The third-order valence-electron chi connectivity index (χ3n) is 5.35. The Morgan fingerprint density at radius 2 is 1.70 bits per heavy atom. The fraction of sp³-hybridized carbons (Fsp3) is 0.111. The van der Waals surface area contributed by atoms with Gasteiger partial charge in [0.05, 0.1) is 0 Å². The SMILES string of the molecule is CN1C=CN(c2[c-]cccc2)[CH-]1.Cc1cccc(C)c1B1C=[C-]N(c2ccccn2)C=C1.[Ir+3]. The van der Waals surface area contributed by atoms with E-state index >= 15 is 0 Å². The first-order chi connectivity index (χ1) is 15.6. The zero-order valence-electron chi connectivity index (χ0n) is 19.0. The zero-order valence-corrected chi connectivity index (χ0v) is 21.4. The summed E-state index contributed by atoms with van der Waals surface area (Å²) in [5, 5.41) is 0. The molecule has 0 spiro atoms. The van der Waals surface area contributed by atoms with Crippen molar-refractivity contribution in [2.24, 2.45) is 0 Å². The second-order valence-electron chi connectivity index (χ2n) is 7.76. The van der Waals surface area contributed by atoms with E-state index in [9.17, 15) is 0 Å². The normalized spacial score (nSPS) is 14.2. The van der Waals surface area contributed by atoms with Gasteiger partial charge in [-0.15, -0.1) is 30.0 Å². The predicted octanol–water partition coefficient (Wildman–Crippen LogP) is 4.66. The number of anilines is 2. The van der Waals surface area contributed by atoms with Crippen LogP contribution in [0.15, 0.2) is 97.4 Å². The number of para-hydroxylation sites is 1. The summed E-state index contributed by atoms with van der Waals surface area (Å²) in [7, 11) is 2.00. The average molecular weight is 610 g/mol. The molecule has 1 aromatic heterocycles. The number of rotatable bonds is 3. The first-order valence-electron chi connectivity index (χ1n) is 10.7. The van der Waals surface area contributed by atoms with Crippen molar-refractivity contribution in [2.45, 2.75) is 13.8 Å². The monoisotopic (exact) mass is 610 g/mol. The number of nitrogens with zero attached hydrogens (tertiary/aromatic N) is 4. The maximum Gasteiger partial charge on any atom is 3.00 e. The first-order valence-corrected chi connectivity index (χ1v) is 10.7. The van der Waals surface area contributed by atoms with Crippen molar-refractivity contribution < 1.29 is 20.1 Å². The van der Waals surface area contributed by atoms with E-state index in [0.29, 0.717) is 0 Å². The standard InChI is InChI=1S/C17H16BN2.C10H10N2.Ir/c1-14-6-5-7-15(2)17(14)18-9-12-20(13-10-18)16-8-3-4-11-19-16;1-11-7-8-12(9-11)10-5-3-2-4-6-10;/h3-12H,1-2H3;2-5,7-9H,1H3;/q-1;-2;+3. The Kier molecular flexibility index (Phi) is 8.70. The third-order valence-corrected chi connectivity index (χ3v) is 5.35. The Bertz CT molecular complexity index is 1080. The number of benzene rings is 2. The maximum absolute atomic E-state index is 4.33. The van der Waals surface area contributed by atoms with Crippen LogP contribution in [0.4, 0.5) is 11.5 Å². The van der Waals surface area contributed by atoms with E-state index in [1.165, 1.54) is 16.6 Å². The summed E-state index contributed by atoms with van der Waals surface area (Å²) in [5.74, 6) is 5.19. The molecule has 0 bridgehead atoms. The zero-order chi connectivity index (χ0) is 22.3. The van der Waals surface area contributed by atoms with Gasteiger partial charge in [-0.25, -0.2) is 0 Å². The second-order valence-corrected chi connectivity index (χ2v) is 7.76. The minimum absolute atomic E-state index is 0. The predicted molar refractivity (Wildman–Crippen MR) is 134 cm³/mol. The van der Waals surface area contributed by atoms with Gasteiger partial charge in [0.15, 0.2) is 0 Å². The smallest absolute Gasteiger partial charge is 0.510 e. The van der Waals surface area contributed by atoms with E-state index in [-0.39, 0.29) is 26.8 Å². The van der Waals surface area contributed by atoms with Crippen LogP contribution in [0.3, 0.4) is 0 Å². The largest absolute Gasteiger partial charge is 3.00 e. The molecule has 3 aromatic rings. The van der Waals surface area contributed by atoms with Gasteiger partial charge in [-0.1, -0.05) is 46.9 Å². The molecular formula is C27H26BIrN4. The average Bonchev–Trinajstić information content (AvgIpc) is 3.27. The molecule has 4 nitrogen and oxygen atoms in total. The summed E-state index contributed by atoms with van der Waals surface area (Å²) >= 11 is 0. The molecule has 2 aromatic carbocycles. The molecule has 2 aliphatic heterocycles. The summed E-state index contributed by atoms with van der Waals surface area (Å²) in [6.07, 6.45) is 11.1. The van der Waals surface area contributed by atoms with Gasteiger partial charge in [-0.2, -0.15) is 37.0 Å². The van der Waals surface area contributed by atoms with Crippen LogP contribution in [0.5, 0.6) is 0 Å². The van der Waals surface area contributed by atoms with Gasteiger partial charge < -0.3 is 19.7 Å². The summed E-state index contributed by atoms with van der Waals surface area (Å²) < 4.78 is 0. The van der Waals surface area contributed by atoms with Crippen molar-refractivity contribution in [2.75, 3.05) is 16.8 Å². The van der Waals surface area contributed by atoms with Crippen molar-refractivity contribution in [1.82, 2.24) is 9.88 Å². The van der Waals surface area contributed by atoms with Crippen molar-refractivity contribution in [3.63, 3.8) is 0 Å². The van der Waals surface area contributed by atoms with Crippen molar-refractivity contribution in [3.8, 4) is 0 Å². The molecule has 0 aliphatic carbocycles. The maximum atomic E-state index is 4.33. The number of aromatic nitrogens is 1. The van der Waals surface area contributed by atoms with Gasteiger partial charge in [0.2, 0.25) is 6.71 Å². The molecule has 0 saturated carbocycles. The molecule has 5 rings (SSSR count). The van der Waals surface area contributed by atoms with Crippen LogP contribution in [0.2, 0.25) is 0 Å². The van der Waals surface area contributed by atoms with Gasteiger partial charge in [0.1, 0.15) is 0 Å². The molecule has 0 fully saturated rings. The second kappa shape index (κ2) is 11.7. The molecule has 0 amide bonds. The van der Waals surface area contributed by atoms with E-state index in [2.05, 4.69) is 61.2 Å². The van der Waals surface area contributed by atoms with E-state index in [1.54, 1.807) is 6.20 Å². The van der Waals surface area contributed by atoms with Crippen LogP contribution in [0.1, 0.15) is 11.1 Å². The van der Waals surface area contributed by atoms with Crippen LogP contribution in [0, 0.1) is 32.8 Å². The Morgan fingerprint density at radius 3 is 2.27 bits per heavy atom. The molecule has 0 unspecified atom stereocenters. The molecule has 0 N–H and O–H groups in total. The van der Waals surface area contributed by atoms with Crippen LogP contribution in [-0.4, -0.2) is 23.6 Å². The van der Waals surface area contributed by atoms with E-state index < -0.39 is 0 Å². The van der Waals surface area contributed by atoms with Crippen LogP contribution < -0.4 is 15.3 Å². The van der Waals surface area contributed by atoms with Gasteiger partial charge >= 0.3 is 20.1 Å². The Hall–Kier alpha value is -3.08. The molecule has 0 atom stereocenters. The number of hydrogen-bond acceptors (Lipinski definition) is 4. The van der Waals surface area contributed by atoms with E-state index in [1.807, 2.05) is 89.5 Å². The van der Waals surface area contributed by atoms with Gasteiger partial charge in [0.25, 0.3) is 0 Å². The quantitative estimate of drug-likeness (QED) is 0.319. The number of hydrogen-bond donors (Lipinski definition) is 0. The molecule has 3 heterocycles. The summed E-state index contributed by atoms with van der Waals surface area (Å²) in [5.41, 5.74) is 5.09. The van der Waals surface area contributed by atoms with Gasteiger partial charge in [-0.3, -0.25) is 0 Å². The topological polar surface area (TPSA) is 22.6 Å². The summed E-state index contributed by atoms with van der Waals surface area (Å²) in [6.45, 7) is 6.62. The number of aryl methyl sites for hydroxylation is 2. The van der Waals surface area contributed by atoms with Gasteiger partial charge in [0, 0.05) is 12.0 Å². The van der Waals surface area contributed by atoms with Crippen molar-refractivity contribution in [1.29, 1.82) is 0 Å². The molecule has 166 valence electrons. The minimum Gasteiger partial charge on any atom is -0.510 e. The summed E-state index contributed by atoms with van der Waals surface area (Å²) in [6, 6.07) is 23.4. The Labute approximate surface area is 211 Å². The molecule has 6 heteroatoms. The van der Waals surface area contributed by atoms with Crippen LogP contribution >= 0.6 is 0 Å². The van der Waals surface area contributed by atoms with Crippen molar-refractivity contribution in [3.05, 3.63) is 127 Å². The Balaban J connectivity index is 0.000000202.